The first-order chi connectivity index (χ1) is 23.7. The third-order valence-electron chi connectivity index (χ3n) is 6.52. The number of hydrogen-bond acceptors (Lipinski definition) is 14. The van der Waals surface area contributed by atoms with Crippen LogP contribution >= 0.6 is 24.6 Å². The van der Waals surface area contributed by atoms with Crippen LogP contribution in [-0.2, 0) is 4.52 Å². The molecule has 0 aromatic heterocycles. The Morgan fingerprint density at radius 3 is 1.37 bits per heavy atom. The fraction of sp³-hybridized carbons (Fsp3) is 0.0625. The van der Waals surface area contributed by atoms with Crippen molar-refractivity contribution in [2.24, 2.45) is 4.52 Å². The largest absolute Gasteiger partial charge is 0.440 e. The van der Waals surface area contributed by atoms with Gasteiger partial charge in [-0.1, -0.05) is 0 Å². The molecule has 49 heavy (non-hydrogen) atoms. The van der Waals surface area contributed by atoms with Crippen molar-refractivity contribution in [3.05, 3.63) is 121 Å². The molecule has 0 saturated carbocycles. The van der Waals surface area contributed by atoms with Gasteiger partial charge in [0.2, 0.25) is 0 Å². The number of nitrogens with two attached hydrogens (primary N) is 5. The van der Waals surface area contributed by atoms with Crippen molar-refractivity contribution >= 4 is 53.0 Å². The second kappa shape index (κ2) is 15.1. The van der Waals surface area contributed by atoms with Crippen LogP contribution < -0.4 is 51.9 Å². The monoisotopic (exact) mass is 720 g/mol. The summed E-state index contributed by atoms with van der Waals surface area (Å²) in [6, 6.07) is 34.4. The van der Waals surface area contributed by atoms with Crippen LogP contribution in [0, 0.1) is 0 Å². The first-order valence-electron chi connectivity index (χ1n) is 14.9. The Morgan fingerprint density at radius 2 is 0.918 bits per heavy atom. The predicted octanol–water partition coefficient (Wildman–Crippen LogP) is 8.18. The van der Waals surface area contributed by atoms with Crippen LogP contribution in [0.3, 0.4) is 0 Å². The Bertz CT molecular complexity index is 1890. The van der Waals surface area contributed by atoms with Crippen molar-refractivity contribution in [1.29, 1.82) is 0 Å². The van der Waals surface area contributed by atoms with Gasteiger partial charge in [-0.3, -0.25) is 0 Å². The smallest absolute Gasteiger partial charge is 0.392 e. The zero-order chi connectivity index (χ0) is 34.4. The quantitative estimate of drug-likeness (QED) is 0.0610. The van der Waals surface area contributed by atoms with Crippen LogP contribution in [0.5, 0.6) is 28.7 Å². The molecule has 0 radical (unpaired) electrons. The van der Waals surface area contributed by atoms with Crippen molar-refractivity contribution in [3.63, 3.8) is 0 Å². The molecule has 6 rings (SSSR count). The highest BCUT2D eigenvalue weighted by atomic mass is 31.3. The van der Waals surface area contributed by atoms with Crippen LogP contribution in [0.25, 0.3) is 0 Å². The molecule has 1 heterocycles. The van der Waals surface area contributed by atoms with Crippen LogP contribution in [0.15, 0.2) is 126 Å². The van der Waals surface area contributed by atoms with Crippen molar-refractivity contribution in [3.8, 4) is 28.7 Å². The normalized spacial score (nSPS) is 19.4. The van der Waals surface area contributed by atoms with Gasteiger partial charge in [0.05, 0.1) is 6.61 Å². The summed E-state index contributed by atoms with van der Waals surface area (Å²) in [6.07, 6.45) is 0. The number of nitrogens with zero attached hydrogens (tertiary/aromatic N) is 3. The zero-order valence-electron chi connectivity index (χ0n) is 26.3. The summed E-state index contributed by atoms with van der Waals surface area (Å²) >= 11 is 0. The summed E-state index contributed by atoms with van der Waals surface area (Å²) in [7, 11) is -8.03. The topological polar surface area (TPSA) is 204 Å². The molecule has 3 atom stereocenters. The molecule has 1 aliphatic rings. The van der Waals surface area contributed by atoms with Crippen LogP contribution in [0.4, 0.5) is 28.4 Å². The molecule has 5 aromatic rings. The van der Waals surface area contributed by atoms with E-state index in [1.54, 1.807) is 121 Å². The van der Waals surface area contributed by atoms with E-state index in [1.165, 1.54) is 9.21 Å². The van der Waals surface area contributed by atoms with E-state index in [-0.39, 0.29) is 6.61 Å². The van der Waals surface area contributed by atoms with E-state index in [0.29, 0.717) is 57.2 Å². The molecule has 3 unspecified atom stereocenters. The van der Waals surface area contributed by atoms with E-state index >= 15 is 0 Å². The van der Waals surface area contributed by atoms with Gasteiger partial charge in [-0.05, 0) is 128 Å². The lowest BCUT2D eigenvalue weighted by atomic mass is 10.3. The average Bonchev–Trinajstić information content (AvgIpc) is 3.09. The molecular weight excluding hydrogens is 685 g/mol. The number of benzene rings is 5. The Labute approximate surface area is 286 Å². The minimum Gasteiger partial charge on any atom is -0.440 e. The molecule has 0 amide bonds. The molecule has 0 spiro atoms. The van der Waals surface area contributed by atoms with E-state index in [2.05, 4.69) is 0 Å². The van der Waals surface area contributed by atoms with E-state index in [1.807, 2.05) is 6.92 Å². The Kier molecular flexibility index (Phi) is 10.5. The van der Waals surface area contributed by atoms with Gasteiger partial charge in [0.1, 0.15) is 28.7 Å². The minimum absolute atomic E-state index is 0.183. The highest BCUT2D eigenvalue weighted by molar-refractivity contribution is 7.78. The average molecular weight is 721 g/mol. The number of nitrogen functional groups attached to an aromatic ring is 5. The SMILES string of the molecule is CCOP1(Oc2ccc(N)cc2)=NP(Oc2ccc(N)cc2)N(Oc2ccc(N)cc2)P(Oc2ccc(N)cc2)N1Oc1ccc(N)cc1. The molecular formula is C32H35N8O6P3. The third-order valence-corrected chi connectivity index (χ3v) is 13.5. The van der Waals surface area contributed by atoms with Gasteiger partial charge in [0, 0.05) is 37.6 Å². The van der Waals surface area contributed by atoms with Gasteiger partial charge in [0.15, 0.2) is 0 Å². The summed E-state index contributed by atoms with van der Waals surface area (Å²) in [5.74, 6) is 2.17. The fourth-order valence-corrected chi connectivity index (χ4v) is 11.7. The van der Waals surface area contributed by atoms with E-state index in [4.69, 9.17) is 61.0 Å². The highest BCUT2D eigenvalue weighted by Gasteiger charge is 2.57. The number of rotatable bonds is 12. The highest BCUT2D eigenvalue weighted by Crippen LogP contribution is 2.78. The maximum absolute atomic E-state index is 6.74. The maximum Gasteiger partial charge on any atom is 0.392 e. The molecule has 10 N–H and O–H groups in total. The second-order valence-electron chi connectivity index (χ2n) is 10.3. The first kappa shape index (κ1) is 34.0. The zero-order valence-corrected chi connectivity index (χ0v) is 29.0. The molecule has 1 aliphatic heterocycles. The standard InChI is InChI=1S/C32H35N8O6P3/c1-2-41-49(46-32-21-11-27(37)12-22-32)38-47(44-30-17-7-25(35)8-18-30)39(42-28-13-3-23(33)4-14-28)48(45-31-19-9-26(36)10-20-31)40(49)43-29-15-5-24(34)6-16-29/h3-22H,2,33-37H2,1H3. The van der Waals surface area contributed by atoms with Crippen molar-refractivity contribution in [1.82, 2.24) is 9.21 Å². The van der Waals surface area contributed by atoms with Crippen molar-refractivity contribution < 1.29 is 27.8 Å². The molecule has 17 heteroatoms. The summed E-state index contributed by atoms with van der Waals surface area (Å²) < 4.78 is 34.6. The van der Waals surface area contributed by atoms with Crippen LogP contribution in [-0.4, -0.2) is 15.8 Å². The third kappa shape index (κ3) is 8.39. The summed E-state index contributed by atoms with van der Waals surface area (Å²) in [5, 5.41) is 0. The van der Waals surface area contributed by atoms with Crippen molar-refractivity contribution in [2.75, 3.05) is 35.3 Å². The lowest BCUT2D eigenvalue weighted by Gasteiger charge is -2.44. The van der Waals surface area contributed by atoms with Gasteiger partial charge in [-0.25, -0.2) is 0 Å². The molecule has 0 saturated heterocycles. The van der Waals surface area contributed by atoms with Gasteiger partial charge in [-0.15, -0.1) is 4.52 Å². The lowest BCUT2D eigenvalue weighted by Crippen LogP contribution is -2.36. The molecule has 14 nitrogen and oxygen atoms in total. The van der Waals surface area contributed by atoms with Gasteiger partial charge in [0.25, 0.3) is 0 Å². The maximum atomic E-state index is 6.74. The van der Waals surface area contributed by atoms with Gasteiger partial charge >= 0.3 is 24.6 Å². The summed E-state index contributed by atoms with van der Waals surface area (Å²) in [5.41, 5.74) is 32.8. The second-order valence-corrected chi connectivity index (χ2v) is 15.9. The Hall–Kier alpha value is -4.93. The van der Waals surface area contributed by atoms with E-state index < -0.39 is 24.6 Å². The minimum atomic E-state index is -3.69. The van der Waals surface area contributed by atoms with Crippen LogP contribution in [0.2, 0.25) is 0 Å². The van der Waals surface area contributed by atoms with Gasteiger partial charge < -0.3 is 56.4 Å². The van der Waals surface area contributed by atoms with E-state index in [9.17, 15) is 0 Å². The number of anilines is 5. The first-order valence-corrected chi connectivity index (χ1v) is 18.7. The van der Waals surface area contributed by atoms with E-state index in [0.717, 1.165) is 0 Å². The Balaban J connectivity index is 1.56. The molecule has 254 valence electrons. The van der Waals surface area contributed by atoms with Crippen molar-refractivity contribution in [2.45, 2.75) is 6.92 Å². The molecule has 0 aliphatic carbocycles. The predicted molar refractivity (Wildman–Crippen MR) is 196 cm³/mol. The molecule has 0 bridgehead atoms. The van der Waals surface area contributed by atoms with Gasteiger partial charge in [-0.2, -0.15) is 0 Å². The fourth-order valence-electron chi connectivity index (χ4n) is 4.15. The lowest BCUT2D eigenvalue weighted by molar-refractivity contribution is 0.0484. The summed E-state index contributed by atoms with van der Waals surface area (Å²) in [4.78, 5) is 13.2. The molecule has 0 fully saturated rings. The summed E-state index contributed by atoms with van der Waals surface area (Å²) in [6.45, 7) is 2.01. The van der Waals surface area contributed by atoms with Crippen LogP contribution in [0.1, 0.15) is 6.92 Å². The number of hydrogen-bond donors (Lipinski definition) is 5. The Morgan fingerprint density at radius 1 is 0.531 bits per heavy atom. The molecule has 5 aromatic carbocycles.